The second-order valence-corrected chi connectivity index (χ2v) is 6.84. The van der Waals surface area contributed by atoms with Gasteiger partial charge in [0.25, 0.3) is 11.5 Å². The molecule has 0 spiro atoms. The van der Waals surface area contributed by atoms with Gasteiger partial charge in [0.2, 0.25) is 0 Å². The lowest BCUT2D eigenvalue weighted by molar-refractivity contribution is 0.0996. The lowest BCUT2D eigenvalue weighted by Crippen LogP contribution is -2.29. The maximum atomic E-state index is 13.1. The molecule has 4 aromatic heterocycles. The highest BCUT2D eigenvalue weighted by Crippen LogP contribution is 2.13. The SMILES string of the molecule is CCCn1c(=NC(=O)c2cccnc2)c(C#N)cc2c(=O)n3cccc(C)c3nc21. The minimum absolute atomic E-state index is 0.139. The summed E-state index contributed by atoms with van der Waals surface area (Å²) in [6.07, 6.45) is 5.34. The van der Waals surface area contributed by atoms with Crippen molar-refractivity contribution < 1.29 is 4.79 Å². The molecule has 4 rings (SSSR count). The fourth-order valence-corrected chi connectivity index (χ4v) is 3.38. The van der Waals surface area contributed by atoms with Crippen LogP contribution in [-0.2, 0) is 6.54 Å². The molecule has 148 valence electrons. The van der Waals surface area contributed by atoms with Crippen LogP contribution in [0.25, 0.3) is 16.7 Å². The van der Waals surface area contributed by atoms with E-state index in [1.807, 2.05) is 19.9 Å². The first-order valence-electron chi connectivity index (χ1n) is 9.50. The van der Waals surface area contributed by atoms with Gasteiger partial charge in [0.05, 0.1) is 16.5 Å². The van der Waals surface area contributed by atoms with Crippen LogP contribution in [0.1, 0.15) is 34.8 Å². The standard InChI is InChI=1S/C22H18N6O2/c1-3-9-27-19(26-21(29)15-7-4-8-24-13-15)16(12-23)11-17-20(27)25-18-14(2)6-5-10-28(18)22(17)30/h4-8,10-11,13H,3,9H2,1-2H3. The third-order valence-corrected chi connectivity index (χ3v) is 4.79. The molecule has 30 heavy (non-hydrogen) atoms. The maximum absolute atomic E-state index is 13.1. The van der Waals surface area contributed by atoms with Crippen LogP contribution < -0.4 is 11.0 Å². The summed E-state index contributed by atoms with van der Waals surface area (Å²) >= 11 is 0. The quantitative estimate of drug-likeness (QED) is 0.493. The molecule has 0 aliphatic carbocycles. The number of pyridine rings is 3. The van der Waals surface area contributed by atoms with Crippen LogP contribution in [-0.4, -0.2) is 24.8 Å². The van der Waals surface area contributed by atoms with Gasteiger partial charge < -0.3 is 4.57 Å². The van der Waals surface area contributed by atoms with Crippen LogP contribution in [0.3, 0.4) is 0 Å². The Morgan fingerprint density at radius 1 is 1.27 bits per heavy atom. The van der Waals surface area contributed by atoms with Crippen molar-refractivity contribution in [3.05, 3.63) is 81.5 Å². The van der Waals surface area contributed by atoms with Crippen LogP contribution >= 0.6 is 0 Å². The number of carbonyl (C=O) groups excluding carboxylic acids is 1. The molecule has 0 saturated heterocycles. The van der Waals surface area contributed by atoms with Crippen molar-refractivity contribution in [2.45, 2.75) is 26.8 Å². The molecule has 0 unspecified atom stereocenters. The molecule has 0 aliphatic heterocycles. The number of carbonyl (C=O) groups is 1. The Balaban J connectivity index is 2.14. The van der Waals surface area contributed by atoms with Gasteiger partial charge in [-0.2, -0.15) is 10.3 Å². The molecule has 8 heteroatoms. The number of aryl methyl sites for hydroxylation is 2. The average Bonchev–Trinajstić information content (AvgIpc) is 2.77. The lowest BCUT2D eigenvalue weighted by atomic mass is 10.2. The monoisotopic (exact) mass is 398 g/mol. The highest BCUT2D eigenvalue weighted by molar-refractivity contribution is 5.94. The minimum Gasteiger partial charge on any atom is -0.309 e. The van der Waals surface area contributed by atoms with E-state index in [0.29, 0.717) is 35.2 Å². The van der Waals surface area contributed by atoms with Gasteiger partial charge in [0.15, 0.2) is 5.49 Å². The van der Waals surface area contributed by atoms with Crippen molar-refractivity contribution in [2.75, 3.05) is 0 Å². The van der Waals surface area contributed by atoms with Crippen molar-refractivity contribution in [3.63, 3.8) is 0 Å². The summed E-state index contributed by atoms with van der Waals surface area (Å²) in [6.45, 7) is 4.28. The summed E-state index contributed by atoms with van der Waals surface area (Å²) < 4.78 is 3.14. The molecular weight excluding hydrogens is 380 g/mol. The van der Waals surface area contributed by atoms with E-state index in [1.54, 1.807) is 35.2 Å². The van der Waals surface area contributed by atoms with Gasteiger partial charge in [-0.15, -0.1) is 0 Å². The molecule has 0 N–H and O–H groups in total. The van der Waals surface area contributed by atoms with Crippen LogP contribution in [0, 0.1) is 18.3 Å². The van der Waals surface area contributed by atoms with Crippen molar-refractivity contribution >= 4 is 22.6 Å². The first kappa shape index (κ1) is 19.2. The van der Waals surface area contributed by atoms with E-state index in [0.717, 1.165) is 5.56 Å². The Labute approximate surface area is 171 Å². The Kier molecular flexibility index (Phi) is 4.94. The highest BCUT2D eigenvalue weighted by atomic mass is 16.1. The predicted octanol–water partition coefficient (Wildman–Crippen LogP) is 2.38. The third kappa shape index (κ3) is 3.16. The van der Waals surface area contributed by atoms with Gasteiger partial charge in [0, 0.05) is 25.1 Å². The Bertz CT molecular complexity index is 1460. The maximum Gasteiger partial charge on any atom is 0.280 e. The first-order valence-corrected chi connectivity index (χ1v) is 9.50. The zero-order valence-electron chi connectivity index (χ0n) is 16.5. The smallest absolute Gasteiger partial charge is 0.280 e. The fourth-order valence-electron chi connectivity index (χ4n) is 3.38. The predicted molar refractivity (Wildman–Crippen MR) is 111 cm³/mol. The fraction of sp³-hybridized carbons (Fsp3) is 0.182. The number of nitriles is 1. The largest absolute Gasteiger partial charge is 0.309 e. The second kappa shape index (κ2) is 7.72. The van der Waals surface area contributed by atoms with Crippen LogP contribution in [0.15, 0.2) is 58.7 Å². The molecule has 1 amide bonds. The number of hydrogen-bond donors (Lipinski definition) is 0. The van der Waals surface area contributed by atoms with Crippen molar-refractivity contribution in [2.24, 2.45) is 4.99 Å². The zero-order valence-corrected chi connectivity index (χ0v) is 16.5. The summed E-state index contributed by atoms with van der Waals surface area (Å²) in [4.78, 5) is 38.7. The number of fused-ring (bicyclic) bond motifs is 2. The molecule has 0 fully saturated rings. The summed E-state index contributed by atoms with van der Waals surface area (Å²) in [5.41, 5.74) is 2.12. The van der Waals surface area contributed by atoms with Crippen LogP contribution in [0.4, 0.5) is 0 Å². The highest BCUT2D eigenvalue weighted by Gasteiger charge is 2.15. The Hall–Kier alpha value is -4.12. The molecule has 4 heterocycles. The number of hydrogen-bond acceptors (Lipinski definition) is 5. The molecule has 0 saturated carbocycles. The number of nitrogens with zero attached hydrogens (tertiary/aromatic N) is 6. The summed E-state index contributed by atoms with van der Waals surface area (Å²) in [6, 6.07) is 10.4. The van der Waals surface area contributed by atoms with Gasteiger partial charge in [-0.05, 0) is 43.2 Å². The average molecular weight is 398 g/mol. The Morgan fingerprint density at radius 2 is 2.10 bits per heavy atom. The lowest BCUT2D eigenvalue weighted by Gasteiger charge is -2.13. The molecule has 0 aliphatic rings. The summed E-state index contributed by atoms with van der Waals surface area (Å²) in [5, 5.41) is 10.0. The number of aromatic nitrogens is 4. The topological polar surface area (TPSA) is 105 Å². The van der Waals surface area contributed by atoms with E-state index in [1.165, 1.54) is 16.7 Å². The van der Waals surface area contributed by atoms with Gasteiger partial charge in [-0.25, -0.2) is 4.98 Å². The third-order valence-electron chi connectivity index (χ3n) is 4.79. The normalized spacial score (nSPS) is 11.7. The number of amides is 1. The summed E-state index contributed by atoms with van der Waals surface area (Å²) in [7, 11) is 0. The van der Waals surface area contributed by atoms with Gasteiger partial charge in [-0.1, -0.05) is 13.0 Å². The molecular formula is C22H18N6O2. The summed E-state index contributed by atoms with van der Waals surface area (Å²) in [5.74, 6) is -0.516. The van der Waals surface area contributed by atoms with Gasteiger partial charge in [0.1, 0.15) is 17.4 Å². The Morgan fingerprint density at radius 3 is 2.80 bits per heavy atom. The van der Waals surface area contributed by atoms with E-state index < -0.39 is 5.91 Å². The molecule has 8 nitrogen and oxygen atoms in total. The molecule has 0 atom stereocenters. The van der Waals surface area contributed by atoms with E-state index in [-0.39, 0.29) is 16.6 Å². The first-order chi connectivity index (χ1) is 14.5. The van der Waals surface area contributed by atoms with Crippen LogP contribution in [0.2, 0.25) is 0 Å². The van der Waals surface area contributed by atoms with Crippen LogP contribution in [0.5, 0.6) is 0 Å². The van der Waals surface area contributed by atoms with Crippen molar-refractivity contribution in [3.8, 4) is 6.07 Å². The van der Waals surface area contributed by atoms with Gasteiger partial charge >= 0.3 is 0 Å². The van der Waals surface area contributed by atoms with E-state index >= 15 is 0 Å². The van der Waals surface area contributed by atoms with Gasteiger partial charge in [-0.3, -0.25) is 19.0 Å². The molecule has 0 aromatic carbocycles. The molecule has 0 radical (unpaired) electrons. The second-order valence-electron chi connectivity index (χ2n) is 6.84. The van der Waals surface area contributed by atoms with E-state index in [2.05, 4.69) is 16.0 Å². The minimum atomic E-state index is -0.516. The molecule has 4 aromatic rings. The van der Waals surface area contributed by atoms with Crippen molar-refractivity contribution in [1.82, 2.24) is 18.9 Å². The molecule has 0 bridgehead atoms. The zero-order chi connectivity index (χ0) is 21.3. The number of rotatable bonds is 3. The van der Waals surface area contributed by atoms with E-state index in [4.69, 9.17) is 4.98 Å². The van der Waals surface area contributed by atoms with Crippen molar-refractivity contribution in [1.29, 1.82) is 5.26 Å². The van der Waals surface area contributed by atoms with E-state index in [9.17, 15) is 14.9 Å².